The topological polar surface area (TPSA) is 54.0 Å². The van der Waals surface area contributed by atoms with Crippen molar-refractivity contribution in [2.45, 2.75) is 32.2 Å². The molecule has 6 nitrogen and oxygen atoms in total. The summed E-state index contributed by atoms with van der Waals surface area (Å²) in [6.45, 7) is 7.31. The number of morpholine rings is 2. The Labute approximate surface area is 162 Å². The van der Waals surface area contributed by atoms with Crippen molar-refractivity contribution in [3.63, 3.8) is 0 Å². The van der Waals surface area contributed by atoms with Gasteiger partial charge in [0.15, 0.2) is 0 Å². The smallest absolute Gasteiger partial charge is 0.378 e. The fourth-order valence-corrected chi connectivity index (χ4v) is 3.70. The molecule has 0 aromatic heterocycles. The molecule has 0 unspecified atom stereocenters. The van der Waals surface area contributed by atoms with Crippen LogP contribution >= 0.6 is 0 Å². The maximum absolute atomic E-state index is 13.2. The van der Waals surface area contributed by atoms with E-state index in [1.165, 1.54) is 6.07 Å². The molecule has 2 aliphatic rings. The summed E-state index contributed by atoms with van der Waals surface area (Å²) in [5, 5.41) is 2.69. The summed E-state index contributed by atoms with van der Waals surface area (Å²) in [6.07, 6.45) is -4.46. The Balaban J connectivity index is 1.76. The van der Waals surface area contributed by atoms with Crippen LogP contribution in [0.3, 0.4) is 0 Å². The van der Waals surface area contributed by atoms with Gasteiger partial charge in [0.1, 0.15) is 0 Å². The first-order chi connectivity index (χ1) is 13.2. The van der Waals surface area contributed by atoms with Crippen LogP contribution in [-0.2, 0) is 20.4 Å². The van der Waals surface area contributed by atoms with E-state index >= 15 is 0 Å². The highest BCUT2D eigenvalue weighted by atomic mass is 19.4. The number of halogens is 3. The summed E-state index contributed by atoms with van der Waals surface area (Å²) in [5.41, 5.74) is -0.0297. The molecule has 2 heterocycles. The number of nitrogens with zero attached hydrogens (tertiary/aromatic N) is 2. The molecule has 1 aromatic rings. The van der Waals surface area contributed by atoms with E-state index in [1.807, 2.05) is 23.6 Å². The van der Waals surface area contributed by atoms with Crippen LogP contribution in [0.4, 0.5) is 24.5 Å². The van der Waals surface area contributed by atoms with E-state index in [0.29, 0.717) is 45.1 Å². The molecule has 0 aliphatic carbocycles. The molecular weight excluding hydrogens is 375 g/mol. The summed E-state index contributed by atoms with van der Waals surface area (Å²) >= 11 is 0. The van der Waals surface area contributed by atoms with Crippen molar-refractivity contribution in [1.82, 2.24) is 4.90 Å². The largest absolute Gasteiger partial charge is 0.416 e. The Hall–Kier alpha value is -1.84. The van der Waals surface area contributed by atoms with Crippen molar-refractivity contribution in [2.24, 2.45) is 0 Å². The zero-order valence-electron chi connectivity index (χ0n) is 16.1. The molecule has 2 atom stereocenters. The lowest BCUT2D eigenvalue weighted by Gasteiger charge is -2.35. The van der Waals surface area contributed by atoms with Crippen LogP contribution in [0.2, 0.25) is 0 Å². The van der Waals surface area contributed by atoms with Crippen molar-refractivity contribution in [1.29, 1.82) is 0 Å². The summed E-state index contributed by atoms with van der Waals surface area (Å²) in [7, 11) is 0. The lowest BCUT2D eigenvalue weighted by Crippen LogP contribution is -2.48. The van der Waals surface area contributed by atoms with Gasteiger partial charge in [-0.05, 0) is 32.0 Å². The van der Waals surface area contributed by atoms with E-state index in [0.717, 1.165) is 12.1 Å². The lowest BCUT2D eigenvalue weighted by molar-refractivity contribution is -0.137. The van der Waals surface area contributed by atoms with Crippen LogP contribution in [-0.4, -0.2) is 69.0 Å². The maximum Gasteiger partial charge on any atom is 0.416 e. The summed E-state index contributed by atoms with van der Waals surface area (Å²) < 4.78 is 50.5. The SMILES string of the molecule is C[C@@H]1CN(CC(=O)Nc2cc(C(F)(F)F)ccc2N2CCOCC2)C[C@@H](C)O1. The highest BCUT2D eigenvalue weighted by molar-refractivity contribution is 5.95. The molecule has 2 saturated heterocycles. The first kappa shape index (κ1) is 20.9. The third kappa shape index (κ3) is 5.36. The number of rotatable bonds is 4. The monoisotopic (exact) mass is 401 g/mol. The number of anilines is 2. The molecule has 2 fully saturated rings. The second-order valence-corrected chi connectivity index (χ2v) is 7.33. The average Bonchev–Trinajstić information content (AvgIpc) is 2.60. The van der Waals surface area contributed by atoms with E-state index in [-0.39, 0.29) is 30.3 Å². The molecule has 0 bridgehead atoms. The van der Waals surface area contributed by atoms with Gasteiger partial charge in [-0.2, -0.15) is 13.2 Å². The molecule has 0 radical (unpaired) electrons. The van der Waals surface area contributed by atoms with Gasteiger partial charge >= 0.3 is 6.18 Å². The Bertz CT molecular complexity index is 683. The number of nitrogens with one attached hydrogen (secondary N) is 1. The van der Waals surface area contributed by atoms with Gasteiger partial charge in [0.05, 0.1) is 48.9 Å². The maximum atomic E-state index is 13.2. The zero-order chi connectivity index (χ0) is 20.3. The first-order valence-corrected chi connectivity index (χ1v) is 9.44. The standard InChI is InChI=1S/C19H26F3N3O3/c1-13-10-24(11-14(2)28-13)12-18(26)23-16-9-15(19(20,21)22)3-4-17(16)25-5-7-27-8-6-25/h3-4,9,13-14H,5-8,10-12H2,1-2H3,(H,23,26)/t13-,14-/m1/s1. The molecule has 156 valence electrons. The third-order valence-electron chi connectivity index (χ3n) is 4.81. The number of alkyl halides is 3. The quantitative estimate of drug-likeness (QED) is 0.841. The highest BCUT2D eigenvalue weighted by Crippen LogP contribution is 2.35. The van der Waals surface area contributed by atoms with E-state index in [9.17, 15) is 18.0 Å². The number of benzene rings is 1. The predicted molar refractivity (Wildman–Crippen MR) is 99.6 cm³/mol. The van der Waals surface area contributed by atoms with Crippen LogP contribution in [0.25, 0.3) is 0 Å². The molecule has 1 amide bonds. The molecular formula is C19H26F3N3O3. The summed E-state index contributed by atoms with van der Waals surface area (Å²) in [4.78, 5) is 16.5. The van der Waals surface area contributed by atoms with Crippen molar-refractivity contribution in [3.8, 4) is 0 Å². The van der Waals surface area contributed by atoms with Gasteiger partial charge in [-0.15, -0.1) is 0 Å². The van der Waals surface area contributed by atoms with E-state index in [1.54, 1.807) is 0 Å². The van der Waals surface area contributed by atoms with E-state index in [2.05, 4.69) is 5.32 Å². The fraction of sp³-hybridized carbons (Fsp3) is 0.632. The predicted octanol–water partition coefficient (Wildman–Crippen LogP) is 2.59. The molecule has 2 aliphatic heterocycles. The number of carbonyl (C=O) groups is 1. The summed E-state index contributed by atoms with van der Waals surface area (Å²) in [6, 6.07) is 3.47. The minimum atomic E-state index is -4.47. The Morgan fingerprint density at radius 3 is 2.43 bits per heavy atom. The number of amides is 1. The van der Waals surface area contributed by atoms with Gasteiger partial charge in [-0.1, -0.05) is 0 Å². The van der Waals surface area contributed by atoms with Gasteiger partial charge in [0.25, 0.3) is 0 Å². The van der Waals surface area contributed by atoms with Crippen molar-refractivity contribution in [3.05, 3.63) is 23.8 Å². The summed E-state index contributed by atoms with van der Waals surface area (Å²) in [5.74, 6) is -0.338. The van der Waals surface area contributed by atoms with Crippen LogP contribution in [0, 0.1) is 0 Å². The van der Waals surface area contributed by atoms with Gasteiger partial charge in [-0.25, -0.2) is 0 Å². The Kier molecular flexibility index (Phi) is 6.47. The molecule has 3 rings (SSSR count). The Morgan fingerprint density at radius 2 is 1.82 bits per heavy atom. The number of carbonyl (C=O) groups excluding carboxylic acids is 1. The van der Waals surface area contributed by atoms with Crippen LogP contribution < -0.4 is 10.2 Å². The second kappa shape index (κ2) is 8.67. The van der Waals surface area contributed by atoms with Crippen molar-refractivity contribution >= 4 is 17.3 Å². The molecule has 1 aromatic carbocycles. The number of hydrogen-bond donors (Lipinski definition) is 1. The second-order valence-electron chi connectivity index (χ2n) is 7.33. The van der Waals surface area contributed by atoms with Crippen molar-refractivity contribution in [2.75, 3.05) is 56.2 Å². The zero-order valence-corrected chi connectivity index (χ0v) is 16.1. The van der Waals surface area contributed by atoms with Crippen LogP contribution in [0.15, 0.2) is 18.2 Å². The molecule has 0 spiro atoms. The van der Waals surface area contributed by atoms with E-state index < -0.39 is 11.7 Å². The van der Waals surface area contributed by atoms with Gasteiger partial charge in [0, 0.05) is 26.2 Å². The molecule has 0 saturated carbocycles. The van der Waals surface area contributed by atoms with Crippen LogP contribution in [0.1, 0.15) is 19.4 Å². The first-order valence-electron chi connectivity index (χ1n) is 9.44. The lowest BCUT2D eigenvalue weighted by atomic mass is 10.1. The fourth-order valence-electron chi connectivity index (χ4n) is 3.70. The third-order valence-corrected chi connectivity index (χ3v) is 4.81. The van der Waals surface area contributed by atoms with E-state index in [4.69, 9.17) is 9.47 Å². The molecule has 1 N–H and O–H groups in total. The molecule has 28 heavy (non-hydrogen) atoms. The van der Waals surface area contributed by atoms with Crippen LogP contribution in [0.5, 0.6) is 0 Å². The van der Waals surface area contributed by atoms with Crippen molar-refractivity contribution < 1.29 is 27.4 Å². The Morgan fingerprint density at radius 1 is 1.18 bits per heavy atom. The average molecular weight is 401 g/mol. The minimum absolute atomic E-state index is 0.00835. The minimum Gasteiger partial charge on any atom is -0.378 e. The normalized spacial score (nSPS) is 24.2. The van der Waals surface area contributed by atoms with Gasteiger partial charge in [0.2, 0.25) is 5.91 Å². The van der Waals surface area contributed by atoms with Gasteiger partial charge in [-0.3, -0.25) is 9.69 Å². The number of hydrogen-bond acceptors (Lipinski definition) is 5. The molecule has 9 heteroatoms. The number of ether oxygens (including phenoxy) is 2. The highest BCUT2D eigenvalue weighted by Gasteiger charge is 2.32. The van der Waals surface area contributed by atoms with Gasteiger partial charge < -0.3 is 19.7 Å².